The maximum absolute atomic E-state index is 12.8. The van der Waals surface area contributed by atoms with Crippen molar-refractivity contribution in [2.45, 2.75) is 31.9 Å². The lowest BCUT2D eigenvalue weighted by Crippen LogP contribution is -2.13. The average molecular weight is 368 g/mol. The first-order chi connectivity index (χ1) is 11.6. The molecular weight excluding hydrogens is 354 g/mol. The van der Waals surface area contributed by atoms with Gasteiger partial charge in [-0.05, 0) is 41.9 Å². The molecule has 1 aromatic heterocycles. The maximum Gasteiger partial charge on any atom is 0.416 e. The second-order valence-corrected chi connectivity index (χ2v) is 5.12. The van der Waals surface area contributed by atoms with Gasteiger partial charge in [-0.3, -0.25) is 0 Å². The van der Waals surface area contributed by atoms with Crippen LogP contribution in [0.25, 0.3) is 0 Å². The minimum atomic E-state index is -4.89. The summed E-state index contributed by atoms with van der Waals surface area (Å²) >= 11 is 0. The lowest BCUT2D eigenvalue weighted by molar-refractivity contribution is -0.143. The third-order valence-corrected chi connectivity index (χ3v) is 3.11. The van der Waals surface area contributed by atoms with Crippen molar-refractivity contribution in [3.63, 3.8) is 0 Å². The number of anilines is 1. The van der Waals surface area contributed by atoms with Gasteiger partial charge < -0.3 is 11.1 Å². The van der Waals surface area contributed by atoms with Crippen LogP contribution in [0.3, 0.4) is 0 Å². The zero-order valence-corrected chi connectivity index (χ0v) is 12.7. The molecule has 12 heteroatoms. The van der Waals surface area contributed by atoms with Gasteiger partial charge in [-0.15, -0.1) is 5.10 Å². The number of hydrogen-bond acceptors (Lipinski definition) is 5. The van der Waals surface area contributed by atoms with Gasteiger partial charge in [-0.2, -0.15) is 31.1 Å². The van der Waals surface area contributed by atoms with Gasteiger partial charge in [0.15, 0.2) is 0 Å². The summed E-state index contributed by atoms with van der Waals surface area (Å²) in [6.07, 6.45) is -9.18. The monoisotopic (exact) mass is 368 g/mol. The second-order valence-electron chi connectivity index (χ2n) is 5.12. The fraction of sp³-hybridized carbons (Fsp3) is 0.462. The Labute approximate surface area is 138 Å². The summed E-state index contributed by atoms with van der Waals surface area (Å²) in [6.45, 7) is 0.483. The van der Waals surface area contributed by atoms with Gasteiger partial charge in [0.25, 0.3) is 5.95 Å². The highest BCUT2D eigenvalue weighted by Gasteiger charge is 2.36. The van der Waals surface area contributed by atoms with Crippen LogP contribution < -0.4 is 11.1 Å². The number of halogens is 6. The summed E-state index contributed by atoms with van der Waals surface area (Å²) in [5.74, 6) is -0.0111. The lowest BCUT2D eigenvalue weighted by Gasteiger charge is -2.14. The molecule has 0 aliphatic heterocycles. The number of tetrazole rings is 1. The first-order valence-electron chi connectivity index (χ1n) is 7.09. The molecule has 25 heavy (non-hydrogen) atoms. The van der Waals surface area contributed by atoms with Crippen molar-refractivity contribution in [3.8, 4) is 0 Å². The Morgan fingerprint density at radius 1 is 1.00 bits per heavy atom. The molecule has 1 heterocycles. The predicted octanol–water partition coefficient (Wildman–Crippen LogP) is 2.67. The van der Waals surface area contributed by atoms with Crippen LogP contribution in [0, 0.1) is 0 Å². The summed E-state index contributed by atoms with van der Waals surface area (Å²) in [4.78, 5) is 1.22. The highest BCUT2D eigenvalue weighted by atomic mass is 19.4. The fourth-order valence-electron chi connectivity index (χ4n) is 1.94. The normalized spacial score (nSPS) is 12.4. The van der Waals surface area contributed by atoms with Crippen LogP contribution in [-0.2, 0) is 25.4 Å². The van der Waals surface area contributed by atoms with E-state index in [-0.39, 0.29) is 24.1 Å². The minimum Gasteiger partial charge on any atom is -0.348 e. The molecule has 2 rings (SSSR count). The van der Waals surface area contributed by atoms with Crippen LogP contribution in [0.5, 0.6) is 0 Å². The summed E-state index contributed by atoms with van der Waals surface area (Å²) in [7, 11) is 0. The number of nitrogens with zero attached hydrogens (tertiary/aromatic N) is 4. The van der Waals surface area contributed by atoms with Crippen molar-refractivity contribution in [1.82, 2.24) is 20.2 Å². The van der Waals surface area contributed by atoms with Crippen LogP contribution in [0.15, 0.2) is 18.2 Å². The molecule has 0 atom stereocenters. The molecule has 1 aromatic carbocycles. The second kappa shape index (κ2) is 7.25. The SMILES string of the molecule is NCCCn1nnc(NCc2cc(C(F)(F)F)cc(C(F)(F)F)c2)n1. The number of nitrogens with two attached hydrogens (primary N) is 1. The molecule has 3 N–H and O–H groups in total. The van der Waals surface area contributed by atoms with Crippen molar-refractivity contribution in [2.24, 2.45) is 5.73 Å². The Hall–Kier alpha value is -2.37. The minimum absolute atomic E-state index is 0.0111. The number of nitrogens with one attached hydrogen (secondary N) is 1. The summed E-state index contributed by atoms with van der Waals surface area (Å²) in [6, 6.07) is 1.35. The molecule has 0 aliphatic rings. The molecule has 138 valence electrons. The summed E-state index contributed by atoms with van der Waals surface area (Å²) in [5, 5.41) is 13.7. The largest absolute Gasteiger partial charge is 0.416 e. The van der Waals surface area contributed by atoms with E-state index in [0.29, 0.717) is 31.6 Å². The Bertz CT molecular complexity index is 676. The number of alkyl halides is 6. The zero-order valence-electron chi connectivity index (χ0n) is 12.7. The van der Waals surface area contributed by atoms with Gasteiger partial charge in [0, 0.05) is 6.54 Å². The molecule has 0 radical (unpaired) electrons. The molecule has 0 unspecified atom stereocenters. The molecule has 0 saturated carbocycles. The number of hydrogen-bond donors (Lipinski definition) is 2. The number of rotatable bonds is 6. The third kappa shape index (κ3) is 5.31. The van der Waals surface area contributed by atoms with Gasteiger partial charge in [0.1, 0.15) is 0 Å². The van der Waals surface area contributed by atoms with Crippen molar-refractivity contribution in [3.05, 3.63) is 34.9 Å². The van der Waals surface area contributed by atoms with Gasteiger partial charge in [-0.1, -0.05) is 5.10 Å². The highest BCUT2D eigenvalue weighted by Crippen LogP contribution is 2.36. The van der Waals surface area contributed by atoms with Crippen LogP contribution in [-0.4, -0.2) is 26.8 Å². The Morgan fingerprint density at radius 3 is 2.12 bits per heavy atom. The first-order valence-corrected chi connectivity index (χ1v) is 7.09. The van der Waals surface area contributed by atoms with Crippen molar-refractivity contribution < 1.29 is 26.3 Å². The molecular formula is C13H14F6N6. The Morgan fingerprint density at radius 2 is 1.60 bits per heavy atom. The molecule has 0 bridgehead atoms. The lowest BCUT2D eigenvalue weighted by atomic mass is 10.0. The van der Waals surface area contributed by atoms with E-state index in [4.69, 9.17) is 5.73 Å². The van der Waals surface area contributed by atoms with Crippen LogP contribution in [0.4, 0.5) is 32.3 Å². The van der Waals surface area contributed by atoms with Crippen molar-refractivity contribution in [2.75, 3.05) is 11.9 Å². The summed E-state index contributed by atoms with van der Waals surface area (Å²) in [5.41, 5.74) is 2.37. The van der Waals surface area contributed by atoms with E-state index in [1.54, 1.807) is 0 Å². The van der Waals surface area contributed by atoms with Crippen molar-refractivity contribution >= 4 is 5.95 Å². The van der Waals surface area contributed by atoms with E-state index in [0.717, 1.165) is 0 Å². The van der Waals surface area contributed by atoms with E-state index < -0.39 is 23.5 Å². The van der Waals surface area contributed by atoms with E-state index in [9.17, 15) is 26.3 Å². The molecule has 0 saturated heterocycles. The van der Waals surface area contributed by atoms with Crippen LogP contribution in [0.2, 0.25) is 0 Å². The Kier molecular flexibility index (Phi) is 5.50. The molecule has 6 nitrogen and oxygen atoms in total. The average Bonchev–Trinajstić information content (AvgIpc) is 2.97. The zero-order chi connectivity index (χ0) is 18.7. The van der Waals surface area contributed by atoms with E-state index in [2.05, 4.69) is 20.7 Å². The van der Waals surface area contributed by atoms with E-state index in [1.807, 2.05) is 0 Å². The summed E-state index contributed by atoms with van der Waals surface area (Å²) < 4.78 is 76.7. The van der Waals surface area contributed by atoms with Gasteiger partial charge in [0.05, 0.1) is 17.7 Å². The van der Waals surface area contributed by atoms with Gasteiger partial charge in [-0.25, -0.2) is 0 Å². The number of benzene rings is 1. The van der Waals surface area contributed by atoms with Crippen LogP contribution in [0.1, 0.15) is 23.1 Å². The first kappa shape index (κ1) is 19.0. The third-order valence-electron chi connectivity index (χ3n) is 3.11. The standard InChI is InChI=1S/C13H14F6N6/c14-12(15,16)9-4-8(5-10(6-9)13(17,18)19)7-21-11-22-24-25(23-11)3-1-2-20/h4-6H,1-3,7,20H2,(H,21,23). The number of aromatic nitrogens is 4. The smallest absolute Gasteiger partial charge is 0.348 e. The highest BCUT2D eigenvalue weighted by molar-refractivity contribution is 5.35. The quantitative estimate of drug-likeness (QED) is 0.767. The van der Waals surface area contributed by atoms with Crippen LogP contribution >= 0.6 is 0 Å². The van der Waals surface area contributed by atoms with Gasteiger partial charge in [0.2, 0.25) is 0 Å². The van der Waals surface area contributed by atoms with E-state index in [1.165, 1.54) is 4.80 Å². The fourth-order valence-corrected chi connectivity index (χ4v) is 1.94. The molecule has 0 fully saturated rings. The molecule has 0 spiro atoms. The Balaban J connectivity index is 2.16. The van der Waals surface area contributed by atoms with Crippen molar-refractivity contribution in [1.29, 1.82) is 0 Å². The molecule has 0 amide bonds. The van der Waals surface area contributed by atoms with E-state index >= 15 is 0 Å². The maximum atomic E-state index is 12.8. The molecule has 2 aromatic rings. The topological polar surface area (TPSA) is 81.7 Å². The predicted molar refractivity (Wildman–Crippen MR) is 75.3 cm³/mol. The number of aryl methyl sites for hydroxylation is 1. The van der Waals surface area contributed by atoms with Gasteiger partial charge >= 0.3 is 12.4 Å². The molecule has 0 aliphatic carbocycles.